The van der Waals surface area contributed by atoms with Crippen LogP contribution in [0.3, 0.4) is 0 Å². The van der Waals surface area contributed by atoms with Gasteiger partial charge < -0.3 is 9.47 Å². The zero-order chi connectivity index (χ0) is 10.1. The van der Waals surface area contributed by atoms with Crippen molar-refractivity contribution in [3.05, 3.63) is 0 Å². The van der Waals surface area contributed by atoms with Crippen molar-refractivity contribution < 1.29 is 17.9 Å². The lowest BCUT2D eigenvalue weighted by molar-refractivity contribution is -0.00461. The second kappa shape index (κ2) is 4.10. The number of ether oxygens (including phenoxy) is 2. The molecule has 2 atom stereocenters. The van der Waals surface area contributed by atoms with E-state index in [1.807, 2.05) is 0 Å². The Morgan fingerprint density at radius 3 is 1.85 bits per heavy atom. The van der Waals surface area contributed by atoms with Crippen molar-refractivity contribution in [3.8, 4) is 0 Å². The zero-order valence-electron chi connectivity index (χ0n) is 7.44. The smallest absolute Gasteiger partial charge is 0.299 e. The Kier molecular flexibility index (Phi) is 3.53. The fourth-order valence-electron chi connectivity index (χ4n) is 1.34. The molecule has 0 aromatic heterocycles. The molecule has 1 aliphatic heterocycles. The van der Waals surface area contributed by atoms with Crippen molar-refractivity contribution >= 4 is 19.9 Å². The minimum Gasteiger partial charge on any atom is -0.377 e. The van der Waals surface area contributed by atoms with Gasteiger partial charge in [0.1, 0.15) is 0 Å². The molecule has 7 heteroatoms. The molecule has 0 radical (unpaired) electrons. The average molecular weight is 230 g/mol. The summed E-state index contributed by atoms with van der Waals surface area (Å²) in [7, 11) is 4.56. The molecular weight excluding hydrogens is 218 g/mol. The summed E-state index contributed by atoms with van der Waals surface area (Å²) in [5.74, 6) is 0. The first-order valence-corrected chi connectivity index (χ1v) is 6.01. The molecule has 13 heavy (non-hydrogen) atoms. The van der Waals surface area contributed by atoms with Gasteiger partial charge in [-0.15, -0.1) is 0 Å². The average Bonchev–Trinajstić information content (AvgIpc) is 2.45. The van der Waals surface area contributed by atoms with E-state index in [2.05, 4.69) is 0 Å². The number of hydrogen-bond donors (Lipinski definition) is 0. The van der Waals surface area contributed by atoms with Crippen LogP contribution in [0.25, 0.3) is 0 Å². The lowest BCUT2D eigenvalue weighted by Crippen LogP contribution is -2.27. The summed E-state index contributed by atoms with van der Waals surface area (Å²) in [5.41, 5.74) is 0. The van der Waals surface area contributed by atoms with Crippen molar-refractivity contribution in [3.63, 3.8) is 0 Å². The molecule has 0 amide bonds. The molecule has 0 unspecified atom stereocenters. The third kappa shape index (κ3) is 2.54. The van der Waals surface area contributed by atoms with Crippen molar-refractivity contribution in [1.29, 1.82) is 0 Å². The predicted molar refractivity (Wildman–Crippen MR) is 47.9 cm³/mol. The third-order valence-electron chi connectivity index (χ3n) is 2.10. The monoisotopic (exact) mass is 229 g/mol. The van der Waals surface area contributed by atoms with Gasteiger partial charge in [0, 0.05) is 38.0 Å². The van der Waals surface area contributed by atoms with Crippen LogP contribution < -0.4 is 0 Å². The zero-order valence-corrected chi connectivity index (χ0v) is 9.01. The molecule has 0 aromatic rings. The van der Waals surface area contributed by atoms with Crippen molar-refractivity contribution in [2.45, 2.75) is 12.2 Å². The third-order valence-corrected chi connectivity index (χ3v) is 3.60. The van der Waals surface area contributed by atoms with Crippen LogP contribution in [0.5, 0.6) is 0 Å². The van der Waals surface area contributed by atoms with Crippen molar-refractivity contribution in [1.82, 2.24) is 4.31 Å². The van der Waals surface area contributed by atoms with Crippen LogP contribution in [0.15, 0.2) is 0 Å². The Balaban J connectivity index is 2.69. The number of nitrogens with zero attached hydrogens (tertiary/aromatic N) is 1. The summed E-state index contributed by atoms with van der Waals surface area (Å²) >= 11 is 0. The van der Waals surface area contributed by atoms with Crippen molar-refractivity contribution in [2.24, 2.45) is 0 Å². The van der Waals surface area contributed by atoms with E-state index in [1.165, 1.54) is 14.2 Å². The molecule has 1 rings (SSSR count). The highest BCUT2D eigenvalue weighted by molar-refractivity contribution is 8.11. The summed E-state index contributed by atoms with van der Waals surface area (Å²) in [4.78, 5) is 0. The minimum absolute atomic E-state index is 0.237. The second-order valence-electron chi connectivity index (χ2n) is 2.81. The number of methoxy groups -OCH3 is 2. The molecule has 0 aromatic carbocycles. The van der Waals surface area contributed by atoms with Gasteiger partial charge >= 0.3 is 0 Å². The van der Waals surface area contributed by atoms with Crippen LogP contribution in [0.1, 0.15) is 0 Å². The van der Waals surface area contributed by atoms with Gasteiger partial charge in [-0.25, -0.2) is 0 Å². The summed E-state index contributed by atoms with van der Waals surface area (Å²) in [6.45, 7) is 0.502. The van der Waals surface area contributed by atoms with Crippen molar-refractivity contribution in [2.75, 3.05) is 27.3 Å². The van der Waals surface area contributed by atoms with Crippen LogP contribution >= 0.6 is 10.7 Å². The fraction of sp³-hybridized carbons (Fsp3) is 1.00. The van der Waals surface area contributed by atoms with Crippen LogP contribution in [0.4, 0.5) is 0 Å². The number of hydrogen-bond acceptors (Lipinski definition) is 4. The van der Waals surface area contributed by atoms with E-state index in [0.717, 1.165) is 4.31 Å². The molecule has 5 nitrogen and oxygen atoms in total. The Morgan fingerprint density at radius 1 is 1.23 bits per heavy atom. The molecule has 0 saturated carbocycles. The first-order chi connectivity index (χ1) is 5.99. The summed E-state index contributed by atoms with van der Waals surface area (Å²) in [6, 6.07) is 0. The molecule has 0 bridgehead atoms. The maximum atomic E-state index is 10.9. The van der Waals surface area contributed by atoms with Crippen LogP contribution in [0.2, 0.25) is 0 Å². The van der Waals surface area contributed by atoms with Gasteiger partial charge in [-0.1, -0.05) is 0 Å². The largest absolute Gasteiger partial charge is 0.377 e. The van der Waals surface area contributed by atoms with Gasteiger partial charge in [-0.3, -0.25) is 0 Å². The van der Waals surface area contributed by atoms with E-state index < -0.39 is 9.24 Å². The van der Waals surface area contributed by atoms with Gasteiger partial charge in [0.15, 0.2) is 0 Å². The van der Waals surface area contributed by atoms with Crippen LogP contribution in [-0.4, -0.2) is 52.2 Å². The highest BCUT2D eigenvalue weighted by Crippen LogP contribution is 2.20. The maximum absolute atomic E-state index is 10.9. The van der Waals surface area contributed by atoms with Gasteiger partial charge in [0.2, 0.25) is 0 Å². The van der Waals surface area contributed by atoms with E-state index in [4.69, 9.17) is 20.2 Å². The molecule has 0 N–H and O–H groups in total. The van der Waals surface area contributed by atoms with Gasteiger partial charge in [0.25, 0.3) is 9.24 Å². The van der Waals surface area contributed by atoms with E-state index in [1.54, 1.807) is 0 Å². The summed E-state index contributed by atoms with van der Waals surface area (Å²) in [5, 5.41) is 0. The topological polar surface area (TPSA) is 55.8 Å². The van der Waals surface area contributed by atoms with E-state index >= 15 is 0 Å². The quantitative estimate of drug-likeness (QED) is 0.630. The van der Waals surface area contributed by atoms with Gasteiger partial charge in [-0.05, 0) is 0 Å². The fourth-order valence-corrected chi connectivity index (χ4v) is 2.33. The van der Waals surface area contributed by atoms with E-state index in [-0.39, 0.29) is 25.3 Å². The van der Waals surface area contributed by atoms with Gasteiger partial charge in [-0.2, -0.15) is 12.7 Å². The van der Waals surface area contributed by atoms with Crippen LogP contribution in [0, 0.1) is 0 Å². The molecule has 1 aliphatic rings. The normalized spacial score (nSPS) is 31.0. The van der Waals surface area contributed by atoms with E-state index in [0.29, 0.717) is 0 Å². The molecular formula is C6H12ClNO4S. The Hall–Kier alpha value is 0.120. The second-order valence-corrected chi connectivity index (χ2v) is 5.32. The summed E-state index contributed by atoms with van der Waals surface area (Å²) < 4.78 is 33.1. The molecule has 1 saturated heterocycles. The van der Waals surface area contributed by atoms with Gasteiger partial charge in [0.05, 0.1) is 12.2 Å². The first kappa shape index (κ1) is 11.2. The SMILES string of the molecule is CO[C@@H]1CN(S(=O)(=O)Cl)C[C@H]1OC. The highest BCUT2D eigenvalue weighted by atomic mass is 35.7. The lowest BCUT2D eigenvalue weighted by Gasteiger charge is -2.13. The number of halogens is 1. The lowest BCUT2D eigenvalue weighted by atomic mass is 10.3. The summed E-state index contributed by atoms with van der Waals surface area (Å²) in [6.07, 6.45) is -0.475. The first-order valence-electron chi connectivity index (χ1n) is 3.74. The van der Waals surface area contributed by atoms with E-state index in [9.17, 15) is 8.42 Å². The molecule has 1 heterocycles. The maximum Gasteiger partial charge on any atom is 0.299 e. The van der Waals surface area contributed by atoms with Crippen LogP contribution in [-0.2, 0) is 18.7 Å². The number of rotatable bonds is 3. The standard InChI is InChI=1S/C6H12ClNO4S/c1-11-5-3-8(13(7,9)10)4-6(5)12-2/h5-6H,3-4H2,1-2H3/t5-,6-/m1/s1. The molecule has 0 spiro atoms. The molecule has 78 valence electrons. The molecule has 1 fully saturated rings. The minimum atomic E-state index is -3.64. The highest BCUT2D eigenvalue weighted by Gasteiger charge is 2.38. The predicted octanol–water partition coefficient (Wildman–Crippen LogP) is -0.184. The Labute approximate surface area is 82.1 Å². The Bertz CT molecular complexity index is 256. The Morgan fingerprint density at radius 2 is 1.62 bits per heavy atom. The molecule has 0 aliphatic carbocycles.